The molecule has 0 spiro atoms. The van der Waals surface area contributed by atoms with E-state index < -0.39 is 0 Å². The lowest BCUT2D eigenvalue weighted by Crippen LogP contribution is -2.24. The number of pyridine rings is 1. The first-order chi connectivity index (χ1) is 8.26. The van der Waals surface area contributed by atoms with E-state index in [1.54, 1.807) is 0 Å². The van der Waals surface area contributed by atoms with Crippen LogP contribution in [-0.4, -0.2) is 11.8 Å². The van der Waals surface area contributed by atoms with Crippen LogP contribution >= 0.6 is 0 Å². The van der Waals surface area contributed by atoms with Crippen molar-refractivity contribution in [3.05, 3.63) is 23.9 Å². The summed E-state index contributed by atoms with van der Waals surface area (Å²) < 4.78 is 0. The van der Waals surface area contributed by atoms with Crippen LogP contribution in [0.25, 0.3) is 0 Å². The Kier molecular flexibility index (Phi) is 6.75. The van der Waals surface area contributed by atoms with Gasteiger partial charge >= 0.3 is 0 Å². The van der Waals surface area contributed by atoms with Crippen LogP contribution in [-0.2, 0) is 0 Å². The van der Waals surface area contributed by atoms with Crippen LogP contribution in [0.4, 0.5) is 5.82 Å². The monoisotopic (exact) mass is 232 g/mol. The lowest BCUT2D eigenvalue weighted by molar-refractivity contribution is 0.842. The van der Waals surface area contributed by atoms with Gasteiger partial charge in [-0.25, -0.2) is 4.98 Å². The van der Waals surface area contributed by atoms with Gasteiger partial charge in [-0.3, -0.25) is 0 Å². The second-order valence-electron chi connectivity index (χ2n) is 4.85. The second kappa shape index (κ2) is 8.16. The van der Waals surface area contributed by atoms with Crippen molar-refractivity contribution in [2.24, 2.45) is 0 Å². The zero-order valence-corrected chi connectivity index (χ0v) is 11.5. The predicted molar refractivity (Wildman–Crippen MR) is 77.8 cm³/mol. The van der Waals surface area contributed by atoms with Crippen LogP contribution in [0.3, 0.4) is 0 Å². The Balaban J connectivity index is 2.48. The maximum absolute atomic E-state index is 4.42. The fourth-order valence-electron chi connectivity index (χ4n) is 1.95. The van der Waals surface area contributed by atoms with Crippen LogP contribution in [0, 0.1) is 6.92 Å². The number of rotatable bonds is 8. The van der Waals surface area contributed by atoms with Gasteiger partial charge in [0.2, 0.25) is 0 Å². The molecule has 0 bridgehead atoms. The van der Waals surface area contributed by atoms with Gasteiger partial charge in [0.1, 0.15) is 5.82 Å². The average Bonchev–Trinajstić information content (AvgIpc) is 2.35. The summed E-state index contributed by atoms with van der Waals surface area (Å²) in [5.41, 5.74) is 1.22. The zero-order valence-electron chi connectivity index (χ0n) is 11.5. The van der Waals surface area contributed by atoms with Crippen LogP contribution < -0.4 is 5.23 Å². The van der Waals surface area contributed by atoms with Crippen molar-refractivity contribution in [2.75, 3.05) is 5.23 Å². The van der Waals surface area contributed by atoms with Crippen molar-refractivity contribution in [1.29, 1.82) is 0 Å². The Labute approximate surface area is 106 Å². The fourth-order valence-corrected chi connectivity index (χ4v) is 1.95. The lowest BCUT2D eigenvalue weighted by atomic mass is 9.54. The van der Waals surface area contributed by atoms with E-state index in [9.17, 15) is 0 Å². The van der Waals surface area contributed by atoms with Crippen molar-refractivity contribution < 1.29 is 0 Å². The van der Waals surface area contributed by atoms with Gasteiger partial charge in [0, 0.05) is 6.20 Å². The van der Waals surface area contributed by atoms with Crippen LogP contribution in [0.15, 0.2) is 18.3 Å². The van der Waals surface area contributed by atoms with E-state index in [1.165, 1.54) is 43.9 Å². The highest BCUT2D eigenvalue weighted by Gasteiger charge is 2.13. The number of hydrogen-bond donors (Lipinski definition) is 1. The minimum atomic E-state index is 0.588. The summed E-state index contributed by atoms with van der Waals surface area (Å²) in [5, 5.41) is 3.56. The summed E-state index contributed by atoms with van der Waals surface area (Å²) in [6.45, 7) is 7.16. The molecule has 0 aliphatic carbocycles. The van der Waals surface area contributed by atoms with Crippen molar-refractivity contribution in [2.45, 2.75) is 59.1 Å². The average molecular weight is 232 g/mol. The Morgan fingerprint density at radius 2 is 1.76 bits per heavy atom. The quantitative estimate of drug-likeness (QED) is 0.672. The highest BCUT2D eigenvalue weighted by Crippen LogP contribution is 2.13. The molecule has 94 valence electrons. The lowest BCUT2D eigenvalue weighted by Gasteiger charge is -2.15. The topological polar surface area (TPSA) is 24.9 Å². The van der Waals surface area contributed by atoms with Crippen molar-refractivity contribution >= 4 is 12.7 Å². The molecule has 0 saturated heterocycles. The van der Waals surface area contributed by atoms with Crippen molar-refractivity contribution in [3.8, 4) is 0 Å². The maximum atomic E-state index is 4.42. The molecule has 1 aromatic rings. The van der Waals surface area contributed by atoms with Gasteiger partial charge in [0.25, 0.3) is 6.85 Å². The largest absolute Gasteiger partial charge is 0.413 e. The molecule has 0 saturated carbocycles. The number of anilines is 1. The molecule has 0 aliphatic heterocycles. The summed E-state index contributed by atoms with van der Waals surface area (Å²) in [6, 6.07) is 4.20. The van der Waals surface area contributed by atoms with Crippen molar-refractivity contribution in [1.82, 2.24) is 4.98 Å². The number of nitrogens with one attached hydrogen (secondary N) is 1. The molecule has 1 heterocycles. The Bertz CT molecular complexity index is 290. The van der Waals surface area contributed by atoms with Gasteiger partial charge in [-0.15, -0.1) is 0 Å². The Hall–Kier alpha value is -0.985. The van der Waals surface area contributed by atoms with Crippen LogP contribution in [0.5, 0.6) is 0 Å². The van der Waals surface area contributed by atoms with E-state index in [1.807, 2.05) is 6.20 Å². The Morgan fingerprint density at radius 3 is 2.24 bits per heavy atom. The molecule has 0 atom stereocenters. The third-order valence-electron chi connectivity index (χ3n) is 3.08. The van der Waals surface area contributed by atoms with Gasteiger partial charge in [-0.1, -0.05) is 58.2 Å². The first kappa shape index (κ1) is 14.1. The molecule has 0 amide bonds. The van der Waals surface area contributed by atoms with Gasteiger partial charge in [0.05, 0.1) is 0 Å². The van der Waals surface area contributed by atoms with Gasteiger partial charge in [-0.05, 0) is 18.6 Å². The molecule has 0 aliphatic rings. The van der Waals surface area contributed by atoms with Gasteiger partial charge < -0.3 is 5.23 Å². The molecule has 2 nitrogen and oxygen atoms in total. The molecule has 0 fully saturated rings. The first-order valence-electron chi connectivity index (χ1n) is 6.95. The van der Waals surface area contributed by atoms with Crippen LogP contribution in [0.2, 0.25) is 12.6 Å². The normalized spacial score (nSPS) is 10.3. The van der Waals surface area contributed by atoms with E-state index in [0.717, 1.165) is 5.82 Å². The Morgan fingerprint density at radius 1 is 1.12 bits per heavy atom. The molecule has 1 N–H and O–H groups in total. The highest BCUT2D eigenvalue weighted by atomic mass is 14.9. The molecular formula is C14H25BN2. The van der Waals surface area contributed by atoms with Gasteiger partial charge in [0.15, 0.2) is 0 Å². The molecule has 0 radical (unpaired) electrons. The predicted octanol–water partition coefficient (Wildman–Crippen LogP) is 4.39. The standard InChI is InChI=1S/C14H25BN2/c1-4-6-10-15(11-7-5-2)17-14-9-8-13(3)12-16-14/h8-9,12H,4-7,10-11H2,1-3H3,(H,16,17). The fraction of sp³-hybridized carbons (Fsp3) is 0.643. The molecule has 0 aromatic carbocycles. The smallest absolute Gasteiger partial charge is 0.253 e. The SMILES string of the molecule is CCCCB(CCCC)Nc1ccc(C)cn1. The molecule has 3 heteroatoms. The molecular weight excluding hydrogens is 207 g/mol. The number of hydrogen-bond acceptors (Lipinski definition) is 2. The molecule has 0 unspecified atom stereocenters. The third kappa shape index (κ3) is 5.76. The third-order valence-corrected chi connectivity index (χ3v) is 3.08. The number of nitrogens with zero attached hydrogens (tertiary/aromatic N) is 1. The minimum Gasteiger partial charge on any atom is -0.413 e. The van der Waals surface area contributed by atoms with E-state index in [-0.39, 0.29) is 0 Å². The van der Waals surface area contributed by atoms with Gasteiger partial charge in [-0.2, -0.15) is 0 Å². The number of unbranched alkanes of at least 4 members (excludes halogenated alkanes) is 2. The number of aromatic nitrogens is 1. The molecule has 17 heavy (non-hydrogen) atoms. The molecule has 1 aromatic heterocycles. The van der Waals surface area contributed by atoms with Crippen LogP contribution in [0.1, 0.15) is 45.1 Å². The summed E-state index contributed by atoms with van der Waals surface area (Å²) in [5.74, 6) is 1.02. The van der Waals surface area contributed by atoms with E-state index in [4.69, 9.17) is 0 Å². The van der Waals surface area contributed by atoms with E-state index in [2.05, 4.69) is 43.1 Å². The zero-order chi connectivity index (χ0) is 12.5. The van der Waals surface area contributed by atoms with Crippen molar-refractivity contribution in [3.63, 3.8) is 0 Å². The second-order valence-corrected chi connectivity index (χ2v) is 4.85. The van der Waals surface area contributed by atoms with E-state index in [0.29, 0.717) is 6.85 Å². The summed E-state index contributed by atoms with van der Waals surface area (Å²) in [6.07, 6.45) is 9.58. The molecule has 1 rings (SSSR count). The first-order valence-corrected chi connectivity index (χ1v) is 6.95. The number of aryl methyl sites for hydroxylation is 1. The van der Waals surface area contributed by atoms with E-state index >= 15 is 0 Å². The maximum Gasteiger partial charge on any atom is 0.253 e. The minimum absolute atomic E-state index is 0.588. The summed E-state index contributed by atoms with van der Waals surface area (Å²) in [7, 11) is 0. The summed E-state index contributed by atoms with van der Waals surface area (Å²) in [4.78, 5) is 4.42. The highest BCUT2D eigenvalue weighted by molar-refractivity contribution is 6.62. The summed E-state index contributed by atoms with van der Waals surface area (Å²) >= 11 is 0.